The van der Waals surface area contributed by atoms with Crippen LogP contribution in [0.15, 0.2) is 121 Å². The van der Waals surface area contributed by atoms with Gasteiger partial charge in [0.1, 0.15) is 30.9 Å². The molecule has 0 spiro atoms. The molecule has 3 amide bonds. The van der Waals surface area contributed by atoms with E-state index in [2.05, 4.69) is 25.9 Å². The Hall–Kier alpha value is -6.56. The normalized spacial score (nSPS) is 25.4. The number of benzene rings is 4. The first-order valence-corrected chi connectivity index (χ1v) is 24.8. The van der Waals surface area contributed by atoms with Crippen molar-refractivity contribution in [2.75, 3.05) is 13.1 Å². The first-order chi connectivity index (χ1) is 35.6. The highest BCUT2D eigenvalue weighted by atomic mass is 16.5. The van der Waals surface area contributed by atoms with E-state index in [1.165, 1.54) is 0 Å². The Labute approximate surface area is 427 Å². The number of carbonyl (C=O) groups excluding carboxylic acids is 4. The van der Waals surface area contributed by atoms with E-state index in [0.29, 0.717) is 0 Å². The van der Waals surface area contributed by atoms with E-state index >= 15 is 0 Å². The summed E-state index contributed by atoms with van der Waals surface area (Å²) in [5, 5.41) is 72.0. The minimum atomic E-state index is -1.48. The molecule has 0 saturated heterocycles. The molecule has 2 saturated carbocycles. The molecule has 74 heavy (non-hydrogen) atoms. The van der Waals surface area contributed by atoms with Crippen molar-refractivity contribution in [3.8, 4) is 0 Å². The van der Waals surface area contributed by atoms with Gasteiger partial charge < -0.3 is 84.2 Å². The van der Waals surface area contributed by atoms with Gasteiger partial charge in [-0.25, -0.2) is 4.79 Å². The first-order valence-electron chi connectivity index (χ1n) is 24.8. The van der Waals surface area contributed by atoms with Crippen LogP contribution in [0.4, 0.5) is 0 Å². The summed E-state index contributed by atoms with van der Waals surface area (Å²) in [6.07, 6.45) is -7.57. The highest BCUT2D eigenvalue weighted by Crippen LogP contribution is 2.33. The van der Waals surface area contributed by atoms with Crippen LogP contribution in [0, 0.1) is 23.7 Å². The third-order valence-corrected chi connectivity index (χ3v) is 14.3. The number of fused-ring (bicyclic) bond motifs is 2. The maximum absolute atomic E-state index is 13.2. The molecule has 8 rings (SSSR count). The van der Waals surface area contributed by atoms with E-state index < -0.39 is 102 Å². The number of hydrogen-bond acceptors (Lipinski definition) is 15. The van der Waals surface area contributed by atoms with Gasteiger partial charge in [0.2, 0.25) is 17.7 Å². The molecule has 2 fully saturated rings. The zero-order valence-electron chi connectivity index (χ0n) is 40.8. The van der Waals surface area contributed by atoms with E-state index in [9.17, 15) is 49.8 Å². The summed E-state index contributed by atoms with van der Waals surface area (Å²) < 4.78 is 5.50. The minimum absolute atomic E-state index is 0.0361. The van der Waals surface area contributed by atoms with Crippen molar-refractivity contribution >= 4 is 45.5 Å². The van der Waals surface area contributed by atoms with Crippen molar-refractivity contribution in [3.05, 3.63) is 144 Å². The number of aliphatic hydroxyl groups excluding tert-OH is 6. The molecule has 14 atom stereocenters. The van der Waals surface area contributed by atoms with Crippen LogP contribution in [-0.4, -0.2) is 138 Å². The van der Waals surface area contributed by atoms with Crippen molar-refractivity contribution in [2.45, 2.75) is 99.6 Å². The van der Waals surface area contributed by atoms with Gasteiger partial charge in [0.25, 0.3) is 0 Å². The summed E-state index contributed by atoms with van der Waals surface area (Å²) in [6, 6.07) is 33.3. The van der Waals surface area contributed by atoms with Gasteiger partial charge in [0, 0.05) is 65.5 Å². The monoisotopic (exact) mass is 1020 g/mol. The number of ether oxygens (including phenoxy) is 1. The number of H-pyrrole nitrogens is 2. The van der Waals surface area contributed by atoms with Crippen LogP contribution in [0.3, 0.4) is 0 Å². The predicted octanol–water partition coefficient (Wildman–Crippen LogP) is -0.540. The average molecular weight is 1020 g/mol. The largest absolute Gasteiger partial charge is 0.459 e. The van der Waals surface area contributed by atoms with Crippen molar-refractivity contribution in [3.63, 3.8) is 0 Å². The van der Waals surface area contributed by atoms with Crippen molar-refractivity contribution in [1.82, 2.24) is 25.9 Å². The number of aromatic nitrogens is 2. The minimum Gasteiger partial charge on any atom is -0.459 e. The van der Waals surface area contributed by atoms with E-state index in [1.54, 1.807) is 0 Å². The molecule has 19 N–H and O–H groups in total. The zero-order valence-corrected chi connectivity index (χ0v) is 40.8. The van der Waals surface area contributed by atoms with E-state index in [-0.39, 0.29) is 57.8 Å². The highest BCUT2D eigenvalue weighted by Gasteiger charge is 2.47. The molecule has 2 aliphatic rings. The molecule has 4 unspecified atom stereocenters. The molecule has 20 heteroatoms. The highest BCUT2D eigenvalue weighted by molar-refractivity contribution is 5.91. The smallest absolute Gasteiger partial charge is 0.329 e. The fraction of sp³-hybridized carbons (Fsp3) is 0.407. The van der Waals surface area contributed by atoms with Gasteiger partial charge in [-0.1, -0.05) is 97.1 Å². The molecule has 0 radical (unpaired) electrons. The maximum atomic E-state index is 13.2. The molecular formula is C54H69N9O11. The Bertz CT molecular complexity index is 2520. The quantitative estimate of drug-likeness (QED) is 0.0481. The molecule has 4 aromatic carbocycles. The standard InChI is InChI=1S/C27H35N5O5.C27H34N4O6/c28-13-17-11-19(24(34)25(35)23(17)33)22(29)27(37)32-21(26(36)30-14-15-6-2-1-3-7-15)12-18-10-16-8-4-5-9-20(16)31-18;28-13-17-11-19(24(33)25(34)23(17)32)22(29)26(35)31-21(27(36)37-14-15-6-2-1-3-7-15)12-18-10-16-8-4-5-9-20(16)30-18/h1-10,17,19,21-25,31,33-35H,11-14,28-29H2,(H,30,36)(H,32,37);1-10,17,19,21-25,30,32-34H,11-14,28-29H2,(H,31,35)/t2*17?,19?,21-,22+,23+,24+,25-/m00/s1. The Morgan fingerprint density at radius 1 is 0.541 bits per heavy atom. The number of esters is 1. The summed E-state index contributed by atoms with van der Waals surface area (Å²) in [7, 11) is 0. The van der Waals surface area contributed by atoms with Gasteiger partial charge in [0.05, 0.1) is 36.5 Å². The van der Waals surface area contributed by atoms with Gasteiger partial charge in [0.15, 0.2) is 0 Å². The van der Waals surface area contributed by atoms with Crippen LogP contribution in [-0.2, 0) is 49.9 Å². The number of amides is 3. The summed E-state index contributed by atoms with van der Waals surface area (Å²) in [6.45, 7) is 0.452. The number of hydrogen-bond donors (Lipinski definition) is 15. The second kappa shape index (κ2) is 25.6. The summed E-state index contributed by atoms with van der Waals surface area (Å²) in [5.74, 6) is -5.08. The van der Waals surface area contributed by atoms with Crippen LogP contribution in [0.5, 0.6) is 0 Å². The topological polar surface area (TPSA) is 371 Å². The Morgan fingerprint density at radius 3 is 1.42 bits per heavy atom. The number of aliphatic hydroxyl groups is 6. The molecule has 0 aliphatic heterocycles. The van der Waals surface area contributed by atoms with Crippen LogP contribution >= 0.6 is 0 Å². The first kappa shape index (κ1) is 55.2. The van der Waals surface area contributed by atoms with Crippen molar-refractivity contribution < 1.29 is 54.6 Å². The molecular weight excluding hydrogens is 951 g/mol. The SMILES string of the molecule is NCC1CC([C@@H](N)C(=O)N[C@@H](Cc2cc3ccccc3[nH]2)C(=O)NCc2ccccc2)[C@@H](O)[C@@H](O)[C@@H]1O.NCC1CC([C@@H](N)C(=O)N[C@@H](Cc2cc3ccccc3[nH]2)C(=O)OCc2ccccc2)[C@@H](O)[C@@H](O)[C@@H]1O. The lowest BCUT2D eigenvalue weighted by Gasteiger charge is -2.42. The Balaban J connectivity index is 0.000000216. The molecule has 2 aromatic heterocycles. The number of carbonyl (C=O) groups is 4. The van der Waals surface area contributed by atoms with Crippen LogP contribution in [0.2, 0.25) is 0 Å². The van der Waals surface area contributed by atoms with Gasteiger partial charge in [-0.15, -0.1) is 0 Å². The number of para-hydroxylation sites is 2. The maximum Gasteiger partial charge on any atom is 0.329 e. The second-order valence-electron chi connectivity index (χ2n) is 19.4. The van der Waals surface area contributed by atoms with Crippen LogP contribution in [0.25, 0.3) is 21.8 Å². The lowest BCUT2D eigenvalue weighted by atomic mass is 9.72. The van der Waals surface area contributed by atoms with E-state index in [4.69, 9.17) is 27.7 Å². The van der Waals surface area contributed by atoms with Gasteiger partial charge in [-0.2, -0.15) is 0 Å². The second-order valence-corrected chi connectivity index (χ2v) is 19.4. The number of nitrogens with one attached hydrogen (secondary N) is 5. The van der Waals surface area contributed by atoms with Crippen molar-refractivity contribution in [1.29, 1.82) is 0 Å². The van der Waals surface area contributed by atoms with Gasteiger partial charge in [-0.05, 0) is 72.1 Å². The number of rotatable bonds is 18. The zero-order chi connectivity index (χ0) is 53.1. The summed E-state index contributed by atoms with van der Waals surface area (Å²) in [4.78, 5) is 59.2. The van der Waals surface area contributed by atoms with Crippen molar-refractivity contribution in [2.24, 2.45) is 46.6 Å². The number of aromatic amines is 2. The molecule has 2 aliphatic carbocycles. The molecule has 396 valence electrons. The van der Waals surface area contributed by atoms with Crippen LogP contribution < -0.4 is 38.9 Å². The van der Waals surface area contributed by atoms with Gasteiger partial charge >= 0.3 is 5.97 Å². The van der Waals surface area contributed by atoms with Gasteiger partial charge in [-0.3, -0.25) is 14.4 Å². The average Bonchev–Trinajstić information content (AvgIpc) is 4.04. The molecule has 6 aromatic rings. The Kier molecular flexibility index (Phi) is 19.1. The lowest BCUT2D eigenvalue weighted by Crippen LogP contribution is -2.61. The molecule has 2 heterocycles. The summed E-state index contributed by atoms with van der Waals surface area (Å²) in [5.41, 5.74) is 28.8. The van der Waals surface area contributed by atoms with E-state index in [1.807, 2.05) is 121 Å². The summed E-state index contributed by atoms with van der Waals surface area (Å²) >= 11 is 0. The molecule has 20 nitrogen and oxygen atoms in total. The fourth-order valence-electron chi connectivity index (χ4n) is 9.91. The predicted molar refractivity (Wildman–Crippen MR) is 276 cm³/mol. The molecule has 0 bridgehead atoms. The third kappa shape index (κ3) is 13.6. The lowest BCUT2D eigenvalue weighted by molar-refractivity contribution is -0.152. The van der Waals surface area contributed by atoms with Crippen LogP contribution in [0.1, 0.15) is 35.4 Å². The number of nitrogens with two attached hydrogens (primary N) is 4. The third-order valence-electron chi connectivity index (χ3n) is 14.3. The van der Waals surface area contributed by atoms with E-state index in [0.717, 1.165) is 44.3 Å². The Morgan fingerprint density at radius 2 is 0.959 bits per heavy atom. The fourth-order valence-corrected chi connectivity index (χ4v) is 9.91.